The quantitative estimate of drug-likeness (QED) is 0.813. The molecule has 0 atom stereocenters. The number of rotatable bonds is 5. The lowest BCUT2D eigenvalue weighted by Crippen LogP contribution is -2.32. The van der Waals surface area contributed by atoms with E-state index in [1.807, 2.05) is 0 Å². The van der Waals surface area contributed by atoms with Gasteiger partial charge in [0.15, 0.2) is 5.69 Å². The fourth-order valence-corrected chi connectivity index (χ4v) is 3.23. The van der Waals surface area contributed by atoms with Gasteiger partial charge in [0, 0.05) is 23.3 Å². The topological polar surface area (TPSA) is 64.0 Å². The number of benzene rings is 1. The van der Waals surface area contributed by atoms with Crippen molar-refractivity contribution in [1.29, 1.82) is 0 Å². The Morgan fingerprint density at radius 1 is 1.27 bits per heavy atom. The summed E-state index contributed by atoms with van der Waals surface area (Å²) < 4.78 is 1.58. The number of amides is 1. The number of halogens is 1. The highest BCUT2D eigenvalue weighted by Crippen LogP contribution is 2.19. The standard InChI is InChI=1S/C20H22ClN3O2/c1-14-13-18(25)19(23-24(14)17-9-7-16(21)8-10-17)20(26)22-12-11-15-5-3-2-4-6-15/h5,7-10,13H,2-4,6,11-12H2,1H3,(H,22,26). The third-order valence-corrected chi connectivity index (χ3v) is 4.76. The molecule has 0 unspecified atom stereocenters. The van der Waals surface area contributed by atoms with Gasteiger partial charge in [-0.3, -0.25) is 9.59 Å². The Morgan fingerprint density at radius 3 is 2.73 bits per heavy atom. The van der Waals surface area contributed by atoms with Gasteiger partial charge in [0.05, 0.1) is 5.69 Å². The van der Waals surface area contributed by atoms with Crippen LogP contribution in [-0.2, 0) is 0 Å². The number of allylic oxidation sites excluding steroid dienone is 1. The van der Waals surface area contributed by atoms with Crippen molar-refractivity contribution in [1.82, 2.24) is 15.1 Å². The molecule has 1 N–H and O–H groups in total. The van der Waals surface area contributed by atoms with Crippen LogP contribution in [0.3, 0.4) is 0 Å². The molecular formula is C20H22ClN3O2. The monoisotopic (exact) mass is 371 g/mol. The van der Waals surface area contributed by atoms with Crippen molar-refractivity contribution in [3.8, 4) is 5.69 Å². The summed E-state index contributed by atoms with van der Waals surface area (Å²) in [6.45, 7) is 2.29. The van der Waals surface area contributed by atoms with Crippen LogP contribution in [0.25, 0.3) is 5.69 Å². The predicted molar refractivity (Wildman–Crippen MR) is 103 cm³/mol. The normalized spacial score (nSPS) is 14.0. The minimum atomic E-state index is -0.436. The molecule has 0 fully saturated rings. The summed E-state index contributed by atoms with van der Waals surface area (Å²) in [4.78, 5) is 24.6. The lowest BCUT2D eigenvalue weighted by molar-refractivity contribution is 0.0946. The molecule has 136 valence electrons. The molecule has 5 nitrogen and oxygen atoms in total. The number of carbonyl (C=O) groups excluding carboxylic acids is 1. The molecule has 1 aromatic heterocycles. The third kappa shape index (κ3) is 4.41. The van der Waals surface area contributed by atoms with E-state index in [1.165, 1.54) is 24.5 Å². The molecule has 0 saturated heterocycles. The summed E-state index contributed by atoms with van der Waals surface area (Å²) in [5.41, 5.74) is 2.31. The molecule has 0 bridgehead atoms. The van der Waals surface area contributed by atoms with Crippen LogP contribution in [-0.4, -0.2) is 22.2 Å². The summed E-state index contributed by atoms with van der Waals surface area (Å²) in [5.74, 6) is -0.436. The van der Waals surface area contributed by atoms with Gasteiger partial charge in [0.25, 0.3) is 5.91 Å². The summed E-state index contributed by atoms with van der Waals surface area (Å²) in [6, 6.07) is 8.51. The molecule has 1 aromatic carbocycles. The molecule has 1 amide bonds. The average molecular weight is 372 g/mol. The third-order valence-electron chi connectivity index (χ3n) is 4.51. The van der Waals surface area contributed by atoms with Gasteiger partial charge in [0.2, 0.25) is 5.43 Å². The Morgan fingerprint density at radius 2 is 2.04 bits per heavy atom. The van der Waals surface area contributed by atoms with Crippen LogP contribution in [0.2, 0.25) is 5.02 Å². The summed E-state index contributed by atoms with van der Waals surface area (Å²) in [7, 11) is 0. The first-order valence-corrected chi connectivity index (χ1v) is 9.25. The highest BCUT2D eigenvalue weighted by Gasteiger charge is 2.15. The summed E-state index contributed by atoms with van der Waals surface area (Å²) in [6.07, 6.45) is 7.76. The fourth-order valence-electron chi connectivity index (χ4n) is 3.10. The summed E-state index contributed by atoms with van der Waals surface area (Å²) in [5, 5.41) is 7.70. The molecule has 0 spiro atoms. The van der Waals surface area contributed by atoms with E-state index in [2.05, 4.69) is 16.5 Å². The molecule has 0 saturated carbocycles. The Bertz CT molecular complexity index is 885. The van der Waals surface area contributed by atoms with E-state index < -0.39 is 5.91 Å². The molecule has 1 heterocycles. The summed E-state index contributed by atoms with van der Waals surface area (Å²) >= 11 is 5.92. The van der Waals surface area contributed by atoms with Crippen LogP contribution in [0.15, 0.2) is 46.8 Å². The molecule has 6 heteroatoms. The number of hydrogen-bond acceptors (Lipinski definition) is 3. The fraction of sp³-hybridized carbons (Fsp3) is 0.350. The number of carbonyl (C=O) groups is 1. The maximum Gasteiger partial charge on any atom is 0.275 e. The molecule has 0 radical (unpaired) electrons. The lowest BCUT2D eigenvalue weighted by atomic mass is 9.97. The van der Waals surface area contributed by atoms with E-state index >= 15 is 0 Å². The van der Waals surface area contributed by atoms with E-state index in [1.54, 1.807) is 35.9 Å². The van der Waals surface area contributed by atoms with Crippen LogP contribution in [0, 0.1) is 6.92 Å². The molecule has 1 aliphatic rings. The Kier molecular flexibility index (Phi) is 5.89. The van der Waals surface area contributed by atoms with E-state index in [4.69, 9.17) is 11.6 Å². The highest BCUT2D eigenvalue weighted by molar-refractivity contribution is 6.30. The molecule has 1 aliphatic carbocycles. The zero-order valence-electron chi connectivity index (χ0n) is 14.8. The number of nitrogens with one attached hydrogen (secondary N) is 1. The van der Waals surface area contributed by atoms with Crippen molar-refractivity contribution in [2.24, 2.45) is 0 Å². The number of aromatic nitrogens is 2. The van der Waals surface area contributed by atoms with Crippen molar-refractivity contribution >= 4 is 17.5 Å². The molecule has 0 aliphatic heterocycles. The van der Waals surface area contributed by atoms with E-state index in [-0.39, 0.29) is 11.1 Å². The largest absolute Gasteiger partial charge is 0.350 e. The van der Waals surface area contributed by atoms with Crippen LogP contribution < -0.4 is 10.7 Å². The first kappa shape index (κ1) is 18.4. The Hall–Kier alpha value is -2.40. The van der Waals surface area contributed by atoms with Gasteiger partial charge in [0.1, 0.15) is 0 Å². The number of aryl methyl sites for hydroxylation is 1. The Balaban J connectivity index is 1.75. The van der Waals surface area contributed by atoms with Crippen molar-refractivity contribution in [3.63, 3.8) is 0 Å². The van der Waals surface area contributed by atoms with Gasteiger partial charge in [-0.2, -0.15) is 5.10 Å². The van der Waals surface area contributed by atoms with E-state index in [0.29, 0.717) is 17.3 Å². The zero-order chi connectivity index (χ0) is 18.5. The minimum absolute atomic E-state index is 0.0943. The predicted octanol–water partition coefficient (Wildman–Crippen LogP) is 3.81. The maximum atomic E-state index is 12.4. The maximum absolute atomic E-state index is 12.4. The van der Waals surface area contributed by atoms with Crippen molar-refractivity contribution < 1.29 is 4.79 Å². The van der Waals surface area contributed by atoms with Crippen LogP contribution in [0.5, 0.6) is 0 Å². The second-order valence-corrected chi connectivity index (χ2v) is 6.94. The van der Waals surface area contributed by atoms with Crippen LogP contribution in [0.4, 0.5) is 0 Å². The van der Waals surface area contributed by atoms with E-state index in [9.17, 15) is 9.59 Å². The van der Waals surface area contributed by atoms with E-state index in [0.717, 1.165) is 24.9 Å². The lowest BCUT2D eigenvalue weighted by Gasteiger charge is -2.13. The second-order valence-electron chi connectivity index (χ2n) is 6.50. The van der Waals surface area contributed by atoms with Crippen LogP contribution >= 0.6 is 11.6 Å². The second kappa shape index (κ2) is 8.32. The SMILES string of the molecule is Cc1cc(=O)c(C(=O)NCCC2=CCCCC2)nn1-c1ccc(Cl)cc1. The molecular weight excluding hydrogens is 350 g/mol. The van der Waals surface area contributed by atoms with Gasteiger partial charge in [-0.15, -0.1) is 0 Å². The van der Waals surface area contributed by atoms with Gasteiger partial charge in [-0.25, -0.2) is 4.68 Å². The molecule has 3 rings (SSSR count). The van der Waals surface area contributed by atoms with Crippen molar-refractivity contribution in [2.75, 3.05) is 6.54 Å². The first-order chi connectivity index (χ1) is 12.5. The minimum Gasteiger partial charge on any atom is -0.350 e. The first-order valence-electron chi connectivity index (χ1n) is 8.87. The number of hydrogen-bond donors (Lipinski definition) is 1. The average Bonchev–Trinajstić information content (AvgIpc) is 2.63. The van der Waals surface area contributed by atoms with Crippen LogP contribution in [0.1, 0.15) is 48.3 Å². The highest BCUT2D eigenvalue weighted by atomic mass is 35.5. The van der Waals surface area contributed by atoms with Crippen molar-refractivity contribution in [3.05, 3.63) is 68.6 Å². The van der Waals surface area contributed by atoms with Gasteiger partial charge in [-0.1, -0.05) is 23.3 Å². The molecule has 2 aromatic rings. The number of nitrogens with zero attached hydrogens (tertiary/aromatic N) is 2. The smallest absolute Gasteiger partial charge is 0.275 e. The van der Waals surface area contributed by atoms with Gasteiger partial charge < -0.3 is 5.32 Å². The molecule has 26 heavy (non-hydrogen) atoms. The Labute approximate surface area is 157 Å². The van der Waals surface area contributed by atoms with Gasteiger partial charge >= 0.3 is 0 Å². The zero-order valence-corrected chi connectivity index (χ0v) is 15.6. The van der Waals surface area contributed by atoms with Gasteiger partial charge in [-0.05, 0) is 63.3 Å². The van der Waals surface area contributed by atoms with Crippen molar-refractivity contribution in [2.45, 2.75) is 39.0 Å².